The molecule has 0 aliphatic heterocycles. The van der Waals surface area contributed by atoms with Gasteiger partial charge in [-0.2, -0.15) is 0 Å². The Kier molecular flexibility index (Phi) is 2.14. The van der Waals surface area contributed by atoms with Crippen molar-refractivity contribution in [2.75, 3.05) is 6.54 Å². The Morgan fingerprint density at radius 1 is 1.57 bits per heavy atom. The summed E-state index contributed by atoms with van der Waals surface area (Å²) in [5, 5.41) is 11.2. The van der Waals surface area contributed by atoms with Gasteiger partial charge in [-0.15, -0.1) is 0 Å². The molecular formula is C9H9N3O2. The first kappa shape index (κ1) is 8.68. The van der Waals surface area contributed by atoms with Crippen LogP contribution in [0.2, 0.25) is 0 Å². The SMILES string of the molecule is O=[N+]([O-])CCc1c[nH]c2ncccc12. The Morgan fingerprint density at radius 2 is 2.43 bits per heavy atom. The summed E-state index contributed by atoms with van der Waals surface area (Å²) in [6, 6.07) is 3.74. The van der Waals surface area contributed by atoms with Gasteiger partial charge in [-0.1, -0.05) is 0 Å². The number of hydrogen-bond donors (Lipinski definition) is 1. The fraction of sp³-hybridized carbons (Fsp3) is 0.222. The van der Waals surface area contributed by atoms with E-state index in [9.17, 15) is 10.1 Å². The number of aromatic amines is 1. The normalized spacial score (nSPS) is 10.6. The van der Waals surface area contributed by atoms with Gasteiger partial charge in [0.25, 0.3) is 0 Å². The first-order chi connectivity index (χ1) is 6.77. The summed E-state index contributed by atoms with van der Waals surface area (Å²) in [6.07, 6.45) is 3.91. The van der Waals surface area contributed by atoms with Crippen molar-refractivity contribution in [3.8, 4) is 0 Å². The van der Waals surface area contributed by atoms with E-state index in [2.05, 4.69) is 9.97 Å². The molecule has 0 aliphatic rings. The van der Waals surface area contributed by atoms with Crippen LogP contribution in [0.5, 0.6) is 0 Å². The zero-order valence-electron chi connectivity index (χ0n) is 7.43. The first-order valence-corrected chi connectivity index (χ1v) is 4.30. The van der Waals surface area contributed by atoms with Crippen molar-refractivity contribution in [1.29, 1.82) is 0 Å². The van der Waals surface area contributed by atoms with E-state index in [1.165, 1.54) is 0 Å². The fourth-order valence-electron chi connectivity index (χ4n) is 1.43. The van der Waals surface area contributed by atoms with E-state index in [-0.39, 0.29) is 11.5 Å². The van der Waals surface area contributed by atoms with Gasteiger partial charge in [0.2, 0.25) is 6.54 Å². The molecule has 0 spiro atoms. The predicted octanol–water partition coefficient (Wildman–Crippen LogP) is 1.38. The number of pyridine rings is 1. The summed E-state index contributed by atoms with van der Waals surface area (Å²) in [5.74, 6) is 0. The molecule has 0 radical (unpaired) electrons. The highest BCUT2D eigenvalue weighted by Gasteiger charge is 2.06. The second-order valence-corrected chi connectivity index (χ2v) is 3.02. The average molecular weight is 191 g/mol. The number of nitrogens with one attached hydrogen (secondary N) is 1. The molecule has 2 heterocycles. The first-order valence-electron chi connectivity index (χ1n) is 4.30. The highest BCUT2D eigenvalue weighted by atomic mass is 16.6. The lowest BCUT2D eigenvalue weighted by Gasteiger charge is -1.93. The molecule has 0 saturated heterocycles. The Labute approximate surface area is 79.9 Å². The third kappa shape index (κ3) is 1.56. The van der Waals surface area contributed by atoms with Crippen LogP contribution in [0.4, 0.5) is 0 Å². The quantitative estimate of drug-likeness (QED) is 0.588. The van der Waals surface area contributed by atoms with Gasteiger partial charge in [-0.25, -0.2) is 4.98 Å². The van der Waals surface area contributed by atoms with Crippen LogP contribution in [-0.2, 0) is 6.42 Å². The third-order valence-corrected chi connectivity index (χ3v) is 2.10. The van der Waals surface area contributed by atoms with Crippen LogP contribution in [0.15, 0.2) is 24.5 Å². The Hall–Kier alpha value is -1.91. The molecular weight excluding hydrogens is 182 g/mol. The van der Waals surface area contributed by atoms with Crippen LogP contribution >= 0.6 is 0 Å². The molecule has 2 rings (SSSR count). The monoisotopic (exact) mass is 191 g/mol. The molecule has 0 atom stereocenters. The highest BCUT2D eigenvalue weighted by Crippen LogP contribution is 2.15. The molecule has 0 unspecified atom stereocenters. The summed E-state index contributed by atoms with van der Waals surface area (Å²) >= 11 is 0. The van der Waals surface area contributed by atoms with E-state index in [4.69, 9.17) is 0 Å². The maximum atomic E-state index is 10.2. The molecule has 0 aliphatic carbocycles. The van der Waals surface area contributed by atoms with Gasteiger partial charge < -0.3 is 4.98 Å². The van der Waals surface area contributed by atoms with E-state index < -0.39 is 0 Å². The van der Waals surface area contributed by atoms with E-state index in [0.717, 1.165) is 16.6 Å². The lowest BCUT2D eigenvalue weighted by Crippen LogP contribution is -2.03. The molecule has 0 fully saturated rings. The van der Waals surface area contributed by atoms with Gasteiger partial charge in [-0.3, -0.25) is 10.1 Å². The number of nitrogens with zero attached hydrogens (tertiary/aromatic N) is 2. The number of fused-ring (bicyclic) bond motifs is 1. The zero-order chi connectivity index (χ0) is 9.97. The number of rotatable bonds is 3. The smallest absolute Gasteiger partial charge is 0.207 e. The molecule has 0 aromatic carbocycles. The maximum Gasteiger partial charge on any atom is 0.207 e. The molecule has 0 amide bonds. The molecule has 5 heteroatoms. The number of nitro groups is 1. The molecule has 1 N–H and O–H groups in total. The molecule has 14 heavy (non-hydrogen) atoms. The molecule has 72 valence electrons. The average Bonchev–Trinajstić information content (AvgIpc) is 2.58. The van der Waals surface area contributed by atoms with Gasteiger partial charge in [0, 0.05) is 29.1 Å². The van der Waals surface area contributed by atoms with Crippen molar-refractivity contribution < 1.29 is 4.92 Å². The van der Waals surface area contributed by atoms with Crippen LogP contribution in [0.3, 0.4) is 0 Å². The third-order valence-electron chi connectivity index (χ3n) is 2.10. The second-order valence-electron chi connectivity index (χ2n) is 3.02. The van der Waals surface area contributed by atoms with Gasteiger partial charge in [0.1, 0.15) is 5.65 Å². The highest BCUT2D eigenvalue weighted by molar-refractivity contribution is 5.79. The summed E-state index contributed by atoms with van der Waals surface area (Å²) in [5.41, 5.74) is 1.73. The van der Waals surface area contributed by atoms with Crippen molar-refractivity contribution in [2.45, 2.75) is 6.42 Å². The minimum absolute atomic E-state index is 0.0398. The van der Waals surface area contributed by atoms with Crippen LogP contribution in [-0.4, -0.2) is 21.4 Å². The van der Waals surface area contributed by atoms with Crippen molar-refractivity contribution in [2.24, 2.45) is 0 Å². The lowest BCUT2D eigenvalue weighted by atomic mass is 10.1. The van der Waals surface area contributed by atoms with Crippen molar-refractivity contribution in [1.82, 2.24) is 9.97 Å². The Balaban J connectivity index is 2.29. The fourth-order valence-corrected chi connectivity index (χ4v) is 1.43. The van der Waals surface area contributed by atoms with Gasteiger partial charge in [-0.05, 0) is 17.7 Å². The number of aromatic nitrogens is 2. The van der Waals surface area contributed by atoms with Crippen LogP contribution in [0.1, 0.15) is 5.56 Å². The zero-order valence-corrected chi connectivity index (χ0v) is 7.43. The van der Waals surface area contributed by atoms with Crippen LogP contribution in [0, 0.1) is 10.1 Å². The van der Waals surface area contributed by atoms with E-state index in [1.54, 1.807) is 12.4 Å². The summed E-state index contributed by atoms with van der Waals surface area (Å²) in [6.45, 7) is -0.0398. The van der Waals surface area contributed by atoms with Crippen molar-refractivity contribution in [3.05, 3.63) is 40.2 Å². The van der Waals surface area contributed by atoms with E-state index >= 15 is 0 Å². The van der Waals surface area contributed by atoms with Crippen LogP contribution < -0.4 is 0 Å². The Morgan fingerprint density at radius 3 is 3.21 bits per heavy atom. The maximum absolute atomic E-state index is 10.2. The topological polar surface area (TPSA) is 71.8 Å². The van der Waals surface area contributed by atoms with Crippen molar-refractivity contribution in [3.63, 3.8) is 0 Å². The second kappa shape index (κ2) is 3.45. The van der Waals surface area contributed by atoms with Gasteiger partial charge in [0.15, 0.2) is 0 Å². The van der Waals surface area contributed by atoms with Gasteiger partial charge >= 0.3 is 0 Å². The predicted molar refractivity (Wildman–Crippen MR) is 51.7 cm³/mol. The molecule has 0 bridgehead atoms. The molecule has 2 aromatic rings. The summed E-state index contributed by atoms with van der Waals surface area (Å²) in [7, 11) is 0. The summed E-state index contributed by atoms with van der Waals surface area (Å²) < 4.78 is 0. The standard InChI is InChI=1S/C9H9N3O2/c13-12(14)5-3-7-6-11-9-8(7)2-1-4-10-9/h1-2,4,6H,3,5H2,(H,10,11). The lowest BCUT2D eigenvalue weighted by molar-refractivity contribution is -0.479. The minimum atomic E-state index is -0.310. The largest absolute Gasteiger partial charge is 0.346 e. The molecule has 2 aromatic heterocycles. The van der Waals surface area contributed by atoms with E-state index in [0.29, 0.717) is 6.42 Å². The molecule has 0 saturated carbocycles. The van der Waals surface area contributed by atoms with Crippen molar-refractivity contribution >= 4 is 11.0 Å². The number of H-pyrrole nitrogens is 1. The van der Waals surface area contributed by atoms with Gasteiger partial charge in [0.05, 0.1) is 0 Å². The summed E-state index contributed by atoms with van der Waals surface area (Å²) in [4.78, 5) is 17.0. The van der Waals surface area contributed by atoms with E-state index in [1.807, 2.05) is 12.1 Å². The Bertz CT molecular complexity index is 464. The van der Waals surface area contributed by atoms with Crippen LogP contribution in [0.25, 0.3) is 11.0 Å². The molecule has 5 nitrogen and oxygen atoms in total. The minimum Gasteiger partial charge on any atom is -0.346 e. The number of hydrogen-bond acceptors (Lipinski definition) is 3.